The lowest BCUT2D eigenvalue weighted by molar-refractivity contribution is 0.341. The number of nitrogens with two attached hydrogens (primary N) is 1. The van der Waals surface area contributed by atoms with Crippen molar-refractivity contribution in [1.29, 1.82) is 0 Å². The molecule has 0 aromatic carbocycles. The quantitative estimate of drug-likeness (QED) is 0.579. The molecule has 0 bridgehead atoms. The lowest BCUT2D eigenvalue weighted by atomic mass is 9.89. The molecule has 0 aromatic rings. The molecule has 0 heterocycles. The molecule has 0 saturated heterocycles. The molecule has 1 nitrogen and oxygen atoms in total. The Morgan fingerprint density at radius 3 is 2.45 bits per heavy atom. The smallest absolute Gasteiger partial charge is 0.00389 e. The minimum absolute atomic E-state index is 0.499. The minimum Gasteiger partial charge on any atom is -0.328 e. The normalized spacial score (nSPS) is 33.8. The van der Waals surface area contributed by atoms with Crippen LogP contribution in [0.15, 0.2) is 0 Å². The number of rotatable bonds is 1. The SMILES string of the molecule is CC(C)[C@H]1CCC[C@@H](N)CC1. The summed E-state index contributed by atoms with van der Waals surface area (Å²) in [4.78, 5) is 0. The van der Waals surface area contributed by atoms with Crippen LogP contribution < -0.4 is 5.73 Å². The van der Waals surface area contributed by atoms with Crippen LogP contribution in [0.5, 0.6) is 0 Å². The Morgan fingerprint density at radius 2 is 1.82 bits per heavy atom. The number of hydrogen-bond acceptors (Lipinski definition) is 1. The van der Waals surface area contributed by atoms with Crippen LogP contribution in [0.4, 0.5) is 0 Å². The zero-order chi connectivity index (χ0) is 8.27. The molecule has 11 heavy (non-hydrogen) atoms. The van der Waals surface area contributed by atoms with Gasteiger partial charge in [0.2, 0.25) is 0 Å². The first kappa shape index (κ1) is 9.05. The number of hydrogen-bond donors (Lipinski definition) is 1. The summed E-state index contributed by atoms with van der Waals surface area (Å²) in [5.41, 5.74) is 5.90. The van der Waals surface area contributed by atoms with Crippen molar-refractivity contribution in [3.63, 3.8) is 0 Å². The molecule has 0 aliphatic heterocycles. The van der Waals surface area contributed by atoms with Crippen molar-refractivity contribution in [2.45, 2.75) is 52.0 Å². The maximum absolute atomic E-state index is 5.90. The third-order valence-corrected chi connectivity index (χ3v) is 3.00. The van der Waals surface area contributed by atoms with Gasteiger partial charge in [-0.2, -0.15) is 0 Å². The average Bonchev–Trinajstić information content (AvgIpc) is 2.13. The predicted molar refractivity (Wildman–Crippen MR) is 49.4 cm³/mol. The molecule has 0 spiro atoms. The highest BCUT2D eigenvalue weighted by Gasteiger charge is 2.18. The molecular formula is C10H21N. The van der Waals surface area contributed by atoms with Crippen LogP contribution in [0.2, 0.25) is 0 Å². The molecule has 2 atom stereocenters. The van der Waals surface area contributed by atoms with Gasteiger partial charge < -0.3 is 5.73 Å². The Labute approximate surface area is 70.4 Å². The predicted octanol–water partition coefficient (Wildman–Crippen LogP) is 2.55. The fraction of sp³-hybridized carbons (Fsp3) is 1.00. The summed E-state index contributed by atoms with van der Waals surface area (Å²) < 4.78 is 0. The zero-order valence-electron chi connectivity index (χ0n) is 7.84. The van der Waals surface area contributed by atoms with Crippen molar-refractivity contribution in [2.24, 2.45) is 17.6 Å². The van der Waals surface area contributed by atoms with E-state index in [1.165, 1.54) is 32.1 Å². The van der Waals surface area contributed by atoms with Crippen LogP contribution in [0.3, 0.4) is 0 Å². The Morgan fingerprint density at radius 1 is 1.09 bits per heavy atom. The molecule has 0 unspecified atom stereocenters. The van der Waals surface area contributed by atoms with E-state index in [1.54, 1.807) is 0 Å². The van der Waals surface area contributed by atoms with Crippen LogP contribution in [-0.2, 0) is 0 Å². The molecule has 0 amide bonds. The van der Waals surface area contributed by atoms with Crippen LogP contribution >= 0.6 is 0 Å². The van der Waals surface area contributed by atoms with E-state index >= 15 is 0 Å². The summed E-state index contributed by atoms with van der Waals surface area (Å²) in [7, 11) is 0. The summed E-state index contributed by atoms with van der Waals surface area (Å²) in [5.74, 6) is 1.81. The lowest BCUT2D eigenvalue weighted by Crippen LogP contribution is -2.18. The monoisotopic (exact) mass is 155 g/mol. The highest BCUT2D eigenvalue weighted by atomic mass is 14.6. The fourth-order valence-corrected chi connectivity index (χ4v) is 2.03. The summed E-state index contributed by atoms with van der Waals surface area (Å²) in [6.45, 7) is 4.67. The van der Waals surface area contributed by atoms with E-state index in [2.05, 4.69) is 13.8 Å². The molecule has 0 aromatic heterocycles. The molecule has 1 aliphatic carbocycles. The second-order valence-electron chi connectivity index (χ2n) is 4.27. The van der Waals surface area contributed by atoms with Crippen molar-refractivity contribution in [3.05, 3.63) is 0 Å². The Balaban J connectivity index is 2.34. The Kier molecular flexibility index (Phi) is 3.38. The van der Waals surface area contributed by atoms with Gasteiger partial charge in [-0.15, -0.1) is 0 Å². The molecule has 0 radical (unpaired) electrons. The first-order chi connectivity index (χ1) is 5.20. The second kappa shape index (κ2) is 4.10. The van der Waals surface area contributed by atoms with Crippen LogP contribution in [0, 0.1) is 11.8 Å². The molecule has 66 valence electrons. The van der Waals surface area contributed by atoms with Gasteiger partial charge >= 0.3 is 0 Å². The van der Waals surface area contributed by atoms with Gasteiger partial charge in [0.1, 0.15) is 0 Å². The highest BCUT2D eigenvalue weighted by Crippen LogP contribution is 2.27. The van der Waals surface area contributed by atoms with Crippen molar-refractivity contribution >= 4 is 0 Å². The van der Waals surface area contributed by atoms with Crippen molar-refractivity contribution in [1.82, 2.24) is 0 Å². The van der Waals surface area contributed by atoms with E-state index in [4.69, 9.17) is 5.73 Å². The molecule has 1 rings (SSSR count). The van der Waals surface area contributed by atoms with E-state index in [9.17, 15) is 0 Å². The van der Waals surface area contributed by atoms with E-state index < -0.39 is 0 Å². The van der Waals surface area contributed by atoms with Crippen molar-refractivity contribution in [2.75, 3.05) is 0 Å². The van der Waals surface area contributed by atoms with Gasteiger partial charge in [0.25, 0.3) is 0 Å². The van der Waals surface area contributed by atoms with Gasteiger partial charge in [0, 0.05) is 6.04 Å². The van der Waals surface area contributed by atoms with E-state index in [0.29, 0.717) is 6.04 Å². The van der Waals surface area contributed by atoms with E-state index in [-0.39, 0.29) is 0 Å². The zero-order valence-corrected chi connectivity index (χ0v) is 7.84. The van der Waals surface area contributed by atoms with Gasteiger partial charge in [-0.3, -0.25) is 0 Å². The molecular weight excluding hydrogens is 134 g/mol. The maximum atomic E-state index is 5.90. The Bertz CT molecular complexity index is 109. The minimum atomic E-state index is 0.499. The van der Waals surface area contributed by atoms with E-state index in [1.807, 2.05) is 0 Å². The molecule has 1 heteroatoms. The maximum Gasteiger partial charge on any atom is 0.00389 e. The summed E-state index contributed by atoms with van der Waals surface area (Å²) in [5, 5.41) is 0. The third kappa shape index (κ3) is 2.82. The van der Waals surface area contributed by atoms with Crippen LogP contribution in [0.1, 0.15) is 46.0 Å². The standard InChI is InChI=1S/C10H21N/c1-8(2)9-4-3-5-10(11)7-6-9/h8-10H,3-7,11H2,1-2H3/t9-,10+/m0/s1. The van der Waals surface area contributed by atoms with Crippen LogP contribution in [-0.4, -0.2) is 6.04 Å². The van der Waals surface area contributed by atoms with Gasteiger partial charge in [-0.1, -0.05) is 26.7 Å². The van der Waals surface area contributed by atoms with Crippen molar-refractivity contribution < 1.29 is 0 Å². The fourth-order valence-electron chi connectivity index (χ4n) is 2.03. The molecule has 1 fully saturated rings. The van der Waals surface area contributed by atoms with Gasteiger partial charge in [-0.05, 0) is 31.1 Å². The van der Waals surface area contributed by atoms with Gasteiger partial charge in [-0.25, -0.2) is 0 Å². The lowest BCUT2D eigenvalue weighted by Gasteiger charge is -2.17. The summed E-state index contributed by atoms with van der Waals surface area (Å²) >= 11 is 0. The van der Waals surface area contributed by atoms with Crippen molar-refractivity contribution in [3.8, 4) is 0 Å². The topological polar surface area (TPSA) is 26.0 Å². The van der Waals surface area contributed by atoms with Gasteiger partial charge in [0.15, 0.2) is 0 Å². The van der Waals surface area contributed by atoms with E-state index in [0.717, 1.165) is 11.8 Å². The second-order valence-corrected chi connectivity index (χ2v) is 4.27. The molecule has 1 saturated carbocycles. The largest absolute Gasteiger partial charge is 0.328 e. The summed E-state index contributed by atoms with van der Waals surface area (Å²) in [6, 6.07) is 0.499. The van der Waals surface area contributed by atoms with Gasteiger partial charge in [0.05, 0.1) is 0 Å². The highest BCUT2D eigenvalue weighted by molar-refractivity contribution is 4.73. The molecule has 1 aliphatic rings. The Hall–Kier alpha value is -0.0400. The third-order valence-electron chi connectivity index (χ3n) is 3.00. The first-order valence-corrected chi connectivity index (χ1v) is 4.95. The van der Waals surface area contributed by atoms with Crippen LogP contribution in [0.25, 0.3) is 0 Å². The first-order valence-electron chi connectivity index (χ1n) is 4.95. The molecule has 2 N–H and O–H groups in total. The average molecular weight is 155 g/mol. The summed E-state index contributed by atoms with van der Waals surface area (Å²) in [6.07, 6.45) is 6.63.